The van der Waals surface area contributed by atoms with E-state index in [1.54, 1.807) is 0 Å². The highest BCUT2D eigenvalue weighted by Gasteiger charge is 2.08. The largest absolute Gasteiger partial charge is 0.327 e. The highest BCUT2D eigenvalue weighted by molar-refractivity contribution is 7.99. The molecule has 0 aliphatic carbocycles. The monoisotopic (exact) mass is 103 g/mol. The predicted molar refractivity (Wildman–Crippen MR) is 29.9 cm³/mol. The van der Waals surface area contributed by atoms with Gasteiger partial charge in [0.15, 0.2) is 0 Å². The molecule has 2 N–H and O–H groups in total. The normalized spacial score (nSPS) is 34.5. The summed E-state index contributed by atoms with van der Waals surface area (Å²) in [6, 6.07) is 0.509. The Labute approximate surface area is 42.3 Å². The van der Waals surface area contributed by atoms with Gasteiger partial charge in [-0.1, -0.05) is 0 Å². The fraction of sp³-hybridized carbons (Fsp3) is 1.00. The zero-order valence-corrected chi connectivity index (χ0v) is 4.50. The summed E-state index contributed by atoms with van der Waals surface area (Å²) in [7, 11) is 0. The van der Waals surface area contributed by atoms with Crippen molar-refractivity contribution in [1.29, 1.82) is 0 Å². The average molecular weight is 103 g/mol. The molecule has 1 heterocycles. The van der Waals surface area contributed by atoms with Crippen LogP contribution in [0.15, 0.2) is 0 Å². The van der Waals surface area contributed by atoms with Gasteiger partial charge in [-0.25, -0.2) is 0 Å². The molecule has 36 valence electrons. The quantitative estimate of drug-likeness (QED) is 0.481. The van der Waals surface area contributed by atoms with Crippen molar-refractivity contribution in [3.63, 3.8) is 0 Å². The van der Waals surface area contributed by atoms with Crippen LogP contribution in [0.3, 0.4) is 0 Å². The smallest absolute Gasteiger partial charge is 0.0138 e. The molecule has 0 aromatic carbocycles. The van der Waals surface area contributed by atoms with Gasteiger partial charge in [-0.3, -0.25) is 0 Å². The lowest BCUT2D eigenvalue weighted by atomic mass is 10.3. The summed E-state index contributed by atoms with van der Waals surface area (Å²) in [6.07, 6.45) is 1.23. The minimum Gasteiger partial charge on any atom is -0.327 e. The van der Waals surface area contributed by atoms with Crippen LogP contribution in [0.5, 0.6) is 0 Å². The van der Waals surface area contributed by atoms with Crippen molar-refractivity contribution >= 4 is 11.8 Å². The molecule has 0 unspecified atom stereocenters. The van der Waals surface area contributed by atoms with E-state index in [9.17, 15) is 0 Å². The number of thioether (sulfide) groups is 1. The van der Waals surface area contributed by atoms with Crippen LogP contribution < -0.4 is 5.73 Å². The van der Waals surface area contributed by atoms with Gasteiger partial charge in [0.05, 0.1) is 0 Å². The average Bonchev–Trinajstić information content (AvgIpc) is 1.86. The third-order valence-corrected chi connectivity index (χ3v) is 2.15. The van der Waals surface area contributed by atoms with Crippen molar-refractivity contribution < 1.29 is 0 Å². The van der Waals surface area contributed by atoms with Crippen molar-refractivity contribution in [2.75, 3.05) is 11.5 Å². The van der Waals surface area contributed by atoms with E-state index in [4.69, 9.17) is 5.73 Å². The van der Waals surface area contributed by atoms with Crippen LogP contribution in [0, 0.1) is 0 Å². The summed E-state index contributed by atoms with van der Waals surface area (Å²) in [4.78, 5) is 0. The molecule has 1 atom stereocenters. The van der Waals surface area contributed by atoms with E-state index >= 15 is 0 Å². The molecule has 0 radical (unpaired) electrons. The number of hydrogen-bond donors (Lipinski definition) is 1. The SMILES string of the molecule is N[C@H]1CCSC1. The molecule has 1 nitrogen and oxygen atoms in total. The predicted octanol–water partition coefficient (Wildman–Crippen LogP) is 0.451. The van der Waals surface area contributed by atoms with Crippen LogP contribution in [0.4, 0.5) is 0 Å². The fourth-order valence-electron chi connectivity index (χ4n) is 0.553. The van der Waals surface area contributed by atoms with E-state index in [1.807, 2.05) is 11.8 Å². The van der Waals surface area contributed by atoms with Gasteiger partial charge in [0.2, 0.25) is 0 Å². The Bertz CT molecular complexity index is 40.8. The maximum Gasteiger partial charge on any atom is 0.0138 e. The Hall–Kier alpha value is 0.310. The second kappa shape index (κ2) is 1.85. The summed E-state index contributed by atoms with van der Waals surface area (Å²) >= 11 is 1.96. The molecule has 0 spiro atoms. The molecule has 6 heavy (non-hydrogen) atoms. The minimum atomic E-state index is 0.509. The first kappa shape index (κ1) is 4.47. The Morgan fingerprint density at radius 3 is 2.67 bits per heavy atom. The maximum absolute atomic E-state index is 5.51. The van der Waals surface area contributed by atoms with E-state index in [0.29, 0.717) is 6.04 Å². The summed E-state index contributed by atoms with van der Waals surface area (Å²) in [6.45, 7) is 0. The summed E-state index contributed by atoms with van der Waals surface area (Å²) < 4.78 is 0. The van der Waals surface area contributed by atoms with Gasteiger partial charge in [0, 0.05) is 11.8 Å². The van der Waals surface area contributed by atoms with Crippen molar-refractivity contribution in [3.05, 3.63) is 0 Å². The standard InChI is InChI=1S/C4H9NS/c5-4-1-2-6-3-4/h4H,1-3,5H2/t4-/m0/s1. The molecule has 1 aliphatic rings. The maximum atomic E-state index is 5.51. The Morgan fingerprint density at radius 2 is 2.50 bits per heavy atom. The molecule has 1 fully saturated rings. The van der Waals surface area contributed by atoms with Gasteiger partial charge in [-0.05, 0) is 12.2 Å². The zero-order chi connectivity index (χ0) is 4.41. The Morgan fingerprint density at radius 1 is 1.67 bits per heavy atom. The topological polar surface area (TPSA) is 26.0 Å². The molecular formula is C4H9NS. The summed E-state index contributed by atoms with van der Waals surface area (Å²) in [5, 5.41) is 0. The van der Waals surface area contributed by atoms with E-state index < -0.39 is 0 Å². The van der Waals surface area contributed by atoms with Gasteiger partial charge in [0.1, 0.15) is 0 Å². The van der Waals surface area contributed by atoms with Gasteiger partial charge in [-0.15, -0.1) is 0 Å². The molecule has 0 aromatic heterocycles. The molecule has 0 amide bonds. The molecule has 1 rings (SSSR count). The van der Waals surface area contributed by atoms with Crippen LogP contribution >= 0.6 is 11.8 Å². The lowest BCUT2D eigenvalue weighted by Crippen LogP contribution is -2.17. The molecule has 1 aliphatic heterocycles. The van der Waals surface area contributed by atoms with Crippen molar-refractivity contribution in [2.24, 2.45) is 5.73 Å². The van der Waals surface area contributed by atoms with Crippen LogP contribution in [-0.2, 0) is 0 Å². The molecule has 2 heteroatoms. The number of rotatable bonds is 0. The second-order valence-electron chi connectivity index (χ2n) is 1.62. The van der Waals surface area contributed by atoms with Gasteiger partial charge in [-0.2, -0.15) is 11.8 Å². The van der Waals surface area contributed by atoms with E-state index in [-0.39, 0.29) is 0 Å². The molecular weight excluding hydrogens is 94.1 g/mol. The van der Waals surface area contributed by atoms with E-state index in [1.165, 1.54) is 17.9 Å². The first-order valence-electron chi connectivity index (χ1n) is 2.23. The molecule has 1 saturated heterocycles. The first-order chi connectivity index (χ1) is 2.89. The van der Waals surface area contributed by atoms with Crippen molar-refractivity contribution in [2.45, 2.75) is 12.5 Å². The Kier molecular flexibility index (Phi) is 1.37. The summed E-state index contributed by atoms with van der Waals surface area (Å²) in [5.41, 5.74) is 5.51. The molecule has 0 bridgehead atoms. The minimum absolute atomic E-state index is 0.509. The Balaban J connectivity index is 2.18. The van der Waals surface area contributed by atoms with Crippen LogP contribution in [0.1, 0.15) is 6.42 Å². The van der Waals surface area contributed by atoms with Gasteiger partial charge >= 0.3 is 0 Å². The third-order valence-electron chi connectivity index (χ3n) is 0.965. The van der Waals surface area contributed by atoms with E-state index in [2.05, 4.69) is 0 Å². The highest BCUT2D eigenvalue weighted by atomic mass is 32.2. The molecule has 0 aromatic rings. The number of hydrogen-bond acceptors (Lipinski definition) is 2. The summed E-state index contributed by atoms with van der Waals surface area (Å²) in [5.74, 6) is 2.46. The lowest BCUT2D eigenvalue weighted by molar-refractivity contribution is 0.759. The highest BCUT2D eigenvalue weighted by Crippen LogP contribution is 2.14. The van der Waals surface area contributed by atoms with Gasteiger partial charge in [0.25, 0.3) is 0 Å². The lowest BCUT2D eigenvalue weighted by Gasteiger charge is -1.91. The zero-order valence-electron chi connectivity index (χ0n) is 3.68. The second-order valence-corrected chi connectivity index (χ2v) is 2.77. The van der Waals surface area contributed by atoms with Crippen LogP contribution in [0.25, 0.3) is 0 Å². The van der Waals surface area contributed by atoms with Crippen LogP contribution in [-0.4, -0.2) is 17.5 Å². The van der Waals surface area contributed by atoms with Crippen LogP contribution in [0.2, 0.25) is 0 Å². The third kappa shape index (κ3) is 0.884. The van der Waals surface area contributed by atoms with Crippen molar-refractivity contribution in [3.8, 4) is 0 Å². The molecule has 0 saturated carbocycles. The fourth-order valence-corrected chi connectivity index (χ4v) is 1.66. The van der Waals surface area contributed by atoms with E-state index in [0.717, 1.165) is 0 Å². The number of nitrogens with two attached hydrogens (primary N) is 1. The first-order valence-corrected chi connectivity index (χ1v) is 3.38. The van der Waals surface area contributed by atoms with Crippen molar-refractivity contribution in [1.82, 2.24) is 0 Å². The van der Waals surface area contributed by atoms with Gasteiger partial charge < -0.3 is 5.73 Å².